The first-order valence-electron chi connectivity index (χ1n) is 11.9. The molecule has 38 heavy (non-hydrogen) atoms. The molecular formula is C25H29ClN6O5S. The lowest BCUT2D eigenvalue weighted by molar-refractivity contribution is -0.108. The van der Waals surface area contributed by atoms with Crippen LogP contribution in [0.25, 0.3) is 0 Å². The topological polar surface area (TPSA) is 136 Å². The van der Waals surface area contributed by atoms with Crippen LogP contribution in [0.15, 0.2) is 47.5 Å². The Morgan fingerprint density at radius 3 is 2.55 bits per heavy atom. The highest BCUT2D eigenvalue weighted by atomic mass is 35.5. The number of anilines is 4. The van der Waals surface area contributed by atoms with E-state index in [2.05, 4.69) is 25.6 Å². The predicted octanol–water partition coefficient (Wildman–Crippen LogP) is 4.73. The third-order valence-corrected chi connectivity index (χ3v) is 8.49. The first-order chi connectivity index (χ1) is 18.1. The number of halogens is 1. The van der Waals surface area contributed by atoms with E-state index in [0.29, 0.717) is 23.7 Å². The minimum Gasteiger partial charge on any atom is -0.350 e. The molecule has 0 atom stereocenters. The Balaban J connectivity index is 1.59. The van der Waals surface area contributed by atoms with Gasteiger partial charge in [-0.25, -0.2) is 23.2 Å². The summed E-state index contributed by atoms with van der Waals surface area (Å²) in [5, 5.41) is 5.20. The molecule has 0 bridgehead atoms. The number of pyridine rings is 1. The quantitative estimate of drug-likeness (QED) is 0.375. The number of hydrogen-bond acceptors (Lipinski definition) is 9. The molecule has 1 aliphatic rings. The second-order valence-electron chi connectivity index (χ2n) is 8.81. The zero-order chi connectivity index (χ0) is 27.4. The van der Waals surface area contributed by atoms with E-state index in [1.807, 2.05) is 12.1 Å². The number of nitrogens with one attached hydrogen (secondary N) is 2. The number of fused-ring (bicyclic) bond motifs is 1. The van der Waals surface area contributed by atoms with Crippen molar-refractivity contribution in [2.75, 3.05) is 36.3 Å². The summed E-state index contributed by atoms with van der Waals surface area (Å²) in [5.74, 6) is 0.636. The van der Waals surface area contributed by atoms with Crippen molar-refractivity contribution in [1.82, 2.24) is 15.0 Å². The highest BCUT2D eigenvalue weighted by Gasteiger charge is 2.27. The molecule has 0 radical (unpaired) electrons. The molecule has 0 saturated carbocycles. The van der Waals surface area contributed by atoms with Crippen molar-refractivity contribution >= 4 is 50.7 Å². The number of hydrogen-bond donors (Lipinski definition) is 2. The minimum atomic E-state index is -3.58. The lowest BCUT2D eigenvalue weighted by atomic mass is 10.1. The molecule has 1 aliphatic heterocycles. The van der Waals surface area contributed by atoms with Crippen molar-refractivity contribution in [2.45, 2.75) is 43.1 Å². The normalized spacial score (nSPS) is 13.5. The monoisotopic (exact) mass is 560 g/mol. The van der Waals surface area contributed by atoms with Gasteiger partial charge >= 0.3 is 6.03 Å². The molecule has 3 heterocycles. The third-order valence-electron chi connectivity index (χ3n) is 6.01. The van der Waals surface area contributed by atoms with E-state index in [9.17, 15) is 13.2 Å². The Kier molecular flexibility index (Phi) is 8.46. The van der Waals surface area contributed by atoms with Crippen LogP contribution in [0.4, 0.5) is 28.1 Å². The smallest absolute Gasteiger partial charge is 0.329 e. The molecule has 0 spiro atoms. The van der Waals surface area contributed by atoms with Gasteiger partial charge in [0, 0.05) is 20.8 Å². The van der Waals surface area contributed by atoms with E-state index in [1.165, 1.54) is 31.4 Å². The second-order valence-corrected chi connectivity index (χ2v) is 11.7. The number of aromatic nitrogens is 3. The zero-order valence-electron chi connectivity index (χ0n) is 21.4. The molecule has 2 amide bonds. The Hall–Kier alpha value is -3.32. The lowest BCUT2D eigenvalue weighted by Crippen LogP contribution is -2.40. The number of rotatable bonds is 8. The number of para-hydroxylation sites is 1. The van der Waals surface area contributed by atoms with E-state index in [0.717, 1.165) is 18.4 Å². The number of benzene rings is 1. The summed E-state index contributed by atoms with van der Waals surface area (Å²) in [6, 6.07) is 9.73. The molecule has 13 heteroatoms. The summed E-state index contributed by atoms with van der Waals surface area (Å²) in [5.41, 5.74) is 1.77. The van der Waals surface area contributed by atoms with Crippen molar-refractivity contribution < 1.29 is 22.7 Å². The van der Waals surface area contributed by atoms with E-state index < -0.39 is 27.4 Å². The van der Waals surface area contributed by atoms with Crippen molar-refractivity contribution in [1.29, 1.82) is 0 Å². The predicted molar refractivity (Wildman–Crippen MR) is 145 cm³/mol. The molecule has 1 aromatic carbocycles. The van der Waals surface area contributed by atoms with Crippen LogP contribution in [0, 0.1) is 0 Å². The molecule has 4 rings (SSSR count). The van der Waals surface area contributed by atoms with Crippen LogP contribution in [0.5, 0.6) is 0 Å². The van der Waals surface area contributed by atoms with Gasteiger partial charge in [0.1, 0.15) is 10.8 Å². The number of carbonyl (C=O) groups is 1. The summed E-state index contributed by atoms with van der Waals surface area (Å²) >= 11 is 6.31. The number of nitrogens with zero attached hydrogens (tertiary/aromatic N) is 4. The molecule has 0 aliphatic carbocycles. The van der Waals surface area contributed by atoms with Gasteiger partial charge in [-0.1, -0.05) is 29.8 Å². The number of carbonyl (C=O) groups excluding carboxylic acids is 1. The van der Waals surface area contributed by atoms with Gasteiger partial charge in [-0.2, -0.15) is 4.98 Å². The first-order valence-corrected chi connectivity index (χ1v) is 13.8. The van der Waals surface area contributed by atoms with Crippen LogP contribution >= 0.6 is 11.6 Å². The number of methoxy groups -OCH3 is 2. The average molecular weight is 561 g/mol. The molecule has 0 fully saturated rings. The fraction of sp³-hybridized carbons (Fsp3) is 0.360. The molecule has 11 nitrogen and oxygen atoms in total. The van der Waals surface area contributed by atoms with Gasteiger partial charge in [0.15, 0.2) is 15.7 Å². The number of urea groups is 1. The summed E-state index contributed by atoms with van der Waals surface area (Å²) in [6.45, 7) is 3.66. The van der Waals surface area contributed by atoms with E-state index in [4.69, 9.17) is 21.1 Å². The van der Waals surface area contributed by atoms with Crippen molar-refractivity contribution in [3.63, 3.8) is 0 Å². The van der Waals surface area contributed by atoms with Crippen molar-refractivity contribution in [2.24, 2.45) is 0 Å². The average Bonchev–Trinajstić information content (AvgIpc) is 2.91. The van der Waals surface area contributed by atoms with Gasteiger partial charge in [0.2, 0.25) is 12.2 Å². The summed E-state index contributed by atoms with van der Waals surface area (Å²) in [6.07, 6.45) is 2.20. The molecule has 2 N–H and O–H groups in total. The minimum absolute atomic E-state index is 0.0129. The van der Waals surface area contributed by atoms with Crippen molar-refractivity contribution in [3.05, 3.63) is 58.9 Å². The van der Waals surface area contributed by atoms with Gasteiger partial charge in [0.25, 0.3) is 0 Å². The summed E-state index contributed by atoms with van der Waals surface area (Å²) in [7, 11) is -0.549. The van der Waals surface area contributed by atoms with Crippen molar-refractivity contribution in [3.8, 4) is 0 Å². The molecule has 0 unspecified atom stereocenters. The molecule has 202 valence electrons. The van der Waals surface area contributed by atoms with Gasteiger partial charge in [-0.05, 0) is 50.5 Å². The maximum Gasteiger partial charge on any atom is 0.329 e. The Morgan fingerprint density at radius 2 is 1.84 bits per heavy atom. The zero-order valence-corrected chi connectivity index (χ0v) is 23.0. The van der Waals surface area contributed by atoms with Gasteiger partial charge in [-0.3, -0.25) is 10.2 Å². The maximum atomic E-state index is 13.3. The van der Waals surface area contributed by atoms with Gasteiger partial charge in [0.05, 0.1) is 27.7 Å². The first kappa shape index (κ1) is 27.7. The van der Waals surface area contributed by atoms with Crippen LogP contribution in [0.3, 0.4) is 0 Å². The number of ether oxygens (including phenoxy) is 2. The molecule has 0 saturated heterocycles. The second kappa shape index (κ2) is 11.6. The van der Waals surface area contributed by atoms with Crippen LogP contribution in [0.1, 0.15) is 37.8 Å². The Bertz CT molecular complexity index is 1430. The lowest BCUT2D eigenvalue weighted by Gasteiger charge is -2.29. The highest BCUT2D eigenvalue weighted by molar-refractivity contribution is 7.92. The third kappa shape index (κ3) is 5.73. The Labute approximate surface area is 226 Å². The number of amides is 2. The van der Waals surface area contributed by atoms with E-state index >= 15 is 0 Å². The standard InChI is InChI=1S/C25H29ClN6O5S/c1-15(2)38(34,35)20-10-6-5-9-18(20)28-21-17(26)14-27-24(30-21)31-25(33)32-13-7-8-16-11-12-19(29-22(16)32)23(36-3)37-4/h5-6,9-12,14-15,23H,7-8,13H2,1-4H3,(H2,27,28,30,31,33). The fourth-order valence-electron chi connectivity index (χ4n) is 4.00. The SMILES string of the molecule is COC(OC)c1ccc2c(n1)N(C(=O)Nc1ncc(Cl)c(Nc3ccccc3S(=O)(=O)C(C)C)n1)CCC2. The van der Waals surface area contributed by atoms with E-state index in [1.54, 1.807) is 32.0 Å². The van der Waals surface area contributed by atoms with Crippen LogP contribution in [-0.2, 0) is 25.7 Å². The number of sulfone groups is 1. The Morgan fingerprint density at radius 1 is 1.11 bits per heavy atom. The van der Waals surface area contributed by atoms with Crippen LogP contribution in [-0.4, -0.2) is 55.4 Å². The van der Waals surface area contributed by atoms with E-state index in [-0.39, 0.29) is 21.7 Å². The summed E-state index contributed by atoms with van der Waals surface area (Å²) < 4.78 is 36.3. The highest BCUT2D eigenvalue weighted by Crippen LogP contribution is 2.31. The maximum absolute atomic E-state index is 13.3. The number of aryl methyl sites for hydroxylation is 1. The molecule has 3 aromatic rings. The molecule has 2 aromatic heterocycles. The van der Waals surface area contributed by atoms with Crippen LogP contribution in [0.2, 0.25) is 5.02 Å². The fourth-order valence-corrected chi connectivity index (χ4v) is 5.34. The summed E-state index contributed by atoms with van der Waals surface area (Å²) in [4.78, 5) is 28.0. The largest absolute Gasteiger partial charge is 0.350 e. The van der Waals surface area contributed by atoms with Gasteiger partial charge < -0.3 is 14.8 Å². The molecular weight excluding hydrogens is 532 g/mol. The van der Waals surface area contributed by atoms with Gasteiger partial charge in [-0.15, -0.1) is 0 Å². The van der Waals surface area contributed by atoms with Crippen LogP contribution < -0.4 is 15.5 Å².